The number of carbonyl (C=O) groups is 1. The van der Waals surface area contributed by atoms with Gasteiger partial charge in [0.2, 0.25) is 11.8 Å². The van der Waals surface area contributed by atoms with Gasteiger partial charge in [-0.3, -0.25) is 4.79 Å². The van der Waals surface area contributed by atoms with Crippen LogP contribution >= 0.6 is 0 Å². The fraction of sp³-hybridized carbons (Fsp3) is 0.318. The molecule has 0 bridgehead atoms. The van der Waals surface area contributed by atoms with E-state index in [9.17, 15) is 9.18 Å². The molecule has 0 radical (unpaired) electrons. The van der Waals surface area contributed by atoms with Gasteiger partial charge < -0.3 is 9.32 Å². The Morgan fingerprint density at radius 1 is 1.11 bits per heavy atom. The third-order valence-corrected chi connectivity index (χ3v) is 5.98. The first-order valence-electron chi connectivity index (χ1n) is 9.59. The molecule has 0 saturated heterocycles. The van der Waals surface area contributed by atoms with Crippen LogP contribution in [0.15, 0.2) is 46.9 Å². The van der Waals surface area contributed by atoms with E-state index in [4.69, 9.17) is 4.42 Å². The lowest BCUT2D eigenvalue weighted by atomic mass is 9.80. The van der Waals surface area contributed by atoms with E-state index in [0.717, 1.165) is 36.8 Å². The van der Waals surface area contributed by atoms with Crippen molar-refractivity contribution in [3.8, 4) is 11.5 Å². The minimum absolute atomic E-state index is 0.108. The van der Waals surface area contributed by atoms with Gasteiger partial charge in [-0.1, -0.05) is 18.9 Å². The third-order valence-electron chi connectivity index (χ3n) is 5.98. The van der Waals surface area contributed by atoms with Crippen molar-refractivity contribution in [2.24, 2.45) is 0 Å². The van der Waals surface area contributed by atoms with E-state index < -0.39 is 0 Å². The molecule has 1 fully saturated rings. The summed E-state index contributed by atoms with van der Waals surface area (Å²) in [7, 11) is 0. The van der Waals surface area contributed by atoms with Crippen LogP contribution in [-0.2, 0) is 5.41 Å². The van der Waals surface area contributed by atoms with Gasteiger partial charge in [0.1, 0.15) is 5.82 Å². The lowest BCUT2D eigenvalue weighted by Crippen LogP contribution is -2.35. The van der Waals surface area contributed by atoms with Crippen LogP contribution < -0.4 is 4.90 Å². The number of halogens is 1. The van der Waals surface area contributed by atoms with Crippen molar-refractivity contribution in [1.82, 2.24) is 10.2 Å². The van der Waals surface area contributed by atoms with Gasteiger partial charge in [0.25, 0.3) is 5.91 Å². The maximum atomic E-state index is 14.7. The largest absolute Gasteiger partial charge is 0.421 e. The van der Waals surface area contributed by atoms with Crippen LogP contribution in [-0.4, -0.2) is 22.6 Å². The van der Waals surface area contributed by atoms with Crippen molar-refractivity contribution >= 4 is 11.6 Å². The second-order valence-electron chi connectivity index (χ2n) is 7.72. The van der Waals surface area contributed by atoms with Gasteiger partial charge in [0, 0.05) is 35.6 Å². The molecule has 0 unspecified atom stereocenters. The lowest BCUT2D eigenvalue weighted by Gasteiger charge is -2.25. The SMILES string of the molecule is Cc1nnc(-c2ccc(C(=O)N3CC4(CCCC4)c4c(F)cccc43)cc2)o1. The highest BCUT2D eigenvalue weighted by Gasteiger charge is 2.48. The predicted octanol–water partition coefficient (Wildman–Crippen LogP) is 4.66. The van der Waals surface area contributed by atoms with Gasteiger partial charge in [-0.2, -0.15) is 0 Å². The standard InChI is InChI=1S/C22H20FN3O2/c1-14-24-25-20(28-14)15-7-9-16(10-8-15)21(27)26-13-22(11-2-3-12-22)19-17(23)5-4-6-18(19)26/h4-10H,2-3,11-13H2,1H3. The van der Waals surface area contributed by atoms with E-state index in [2.05, 4.69) is 10.2 Å². The lowest BCUT2D eigenvalue weighted by molar-refractivity contribution is 0.0985. The molecular weight excluding hydrogens is 357 g/mol. The molecular formula is C22H20FN3O2. The quantitative estimate of drug-likeness (QED) is 0.652. The monoisotopic (exact) mass is 377 g/mol. The first kappa shape index (κ1) is 17.1. The molecule has 1 spiro atoms. The number of amides is 1. The summed E-state index contributed by atoms with van der Waals surface area (Å²) in [5, 5.41) is 7.83. The number of hydrogen-bond acceptors (Lipinski definition) is 4. The molecule has 0 N–H and O–H groups in total. The second kappa shape index (κ2) is 6.26. The number of fused-ring (bicyclic) bond motifs is 2. The molecule has 3 aromatic rings. The molecule has 1 aliphatic carbocycles. The molecule has 1 saturated carbocycles. The Bertz CT molecular complexity index is 1050. The van der Waals surface area contributed by atoms with Crippen molar-refractivity contribution in [3.63, 3.8) is 0 Å². The first-order chi connectivity index (χ1) is 13.6. The van der Waals surface area contributed by atoms with Crippen LogP contribution in [0, 0.1) is 12.7 Å². The minimum Gasteiger partial charge on any atom is -0.421 e. The van der Waals surface area contributed by atoms with Gasteiger partial charge in [0.05, 0.1) is 5.69 Å². The summed E-state index contributed by atoms with van der Waals surface area (Å²) in [5.74, 6) is 0.614. The average molecular weight is 377 g/mol. The zero-order valence-corrected chi connectivity index (χ0v) is 15.6. The summed E-state index contributed by atoms with van der Waals surface area (Å²) in [6, 6.07) is 12.2. The summed E-state index contributed by atoms with van der Waals surface area (Å²) in [5.41, 5.74) is 2.52. The Hall–Kier alpha value is -3.02. The Kier molecular flexibility index (Phi) is 3.82. The smallest absolute Gasteiger partial charge is 0.258 e. The molecule has 5 rings (SSSR count). The summed E-state index contributed by atoms with van der Waals surface area (Å²) >= 11 is 0. The zero-order chi connectivity index (χ0) is 19.3. The van der Waals surface area contributed by atoms with E-state index in [1.54, 1.807) is 42.2 Å². The maximum Gasteiger partial charge on any atom is 0.258 e. The highest BCUT2D eigenvalue weighted by Crippen LogP contribution is 2.51. The number of hydrogen-bond donors (Lipinski definition) is 0. The summed E-state index contributed by atoms with van der Waals surface area (Å²) in [4.78, 5) is 15.0. The van der Waals surface area contributed by atoms with Gasteiger partial charge >= 0.3 is 0 Å². The zero-order valence-electron chi connectivity index (χ0n) is 15.6. The van der Waals surface area contributed by atoms with Crippen molar-refractivity contribution < 1.29 is 13.6 Å². The van der Waals surface area contributed by atoms with Crippen LogP contribution in [0.25, 0.3) is 11.5 Å². The molecule has 5 nitrogen and oxygen atoms in total. The van der Waals surface area contributed by atoms with Crippen molar-refractivity contribution in [1.29, 1.82) is 0 Å². The number of rotatable bonds is 2. The van der Waals surface area contributed by atoms with Crippen LogP contribution in [0.3, 0.4) is 0 Å². The van der Waals surface area contributed by atoms with Gasteiger partial charge in [-0.25, -0.2) is 4.39 Å². The number of carbonyl (C=O) groups excluding carboxylic acids is 1. The minimum atomic E-state index is -0.239. The van der Waals surface area contributed by atoms with Crippen molar-refractivity contribution in [2.45, 2.75) is 38.0 Å². The van der Waals surface area contributed by atoms with E-state index in [-0.39, 0.29) is 17.1 Å². The fourth-order valence-corrected chi connectivity index (χ4v) is 4.70. The van der Waals surface area contributed by atoms with E-state index >= 15 is 0 Å². The Labute approximate surface area is 162 Å². The van der Waals surface area contributed by atoms with E-state index in [1.165, 1.54) is 6.07 Å². The van der Waals surface area contributed by atoms with Crippen molar-refractivity contribution in [2.75, 3.05) is 11.4 Å². The Morgan fingerprint density at radius 2 is 1.86 bits per heavy atom. The molecule has 1 aliphatic heterocycles. The van der Waals surface area contributed by atoms with Gasteiger partial charge in [0.15, 0.2) is 0 Å². The van der Waals surface area contributed by atoms with Crippen LogP contribution in [0.5, 0.6) is 0 Å². The fourth-order valence-electron chi connectivity index (χ4n) is 4.70. The van der Waals surface area contributed by atoms with E-state index in [1.807, 2.05) is 6.07 Å². The van der Waals surface area contributed by atoms with Gasteiger partial charge in [-0.15, -0.1) is 10.2 Å². The molecule has 1 aromatic heterocycles. The third kappa shape index (κ3) is 2.55. The molecule has 0 atom stereocenters. The number of nitrogens with zero attached hydrogens (tertiary/aromatic N) is 3. The molecule has 1 amide bonds. The number of benzene rings is 2. The molecule has 2 aliphatic rings. The summed E-state index contributed by atoms with van der Waals surface area (Å²) in [6.45, 7) is 2.28. The second-order valence-corrected chi connectivity index (χ2v) is 7.72. The summed E-state index contributed by atoms with van der Waals surface area (Å²) in [6.07, 6.45) is 4.02. The van der Waals surface area contributed by atoms with Gasteiger partial charge in [-0.05, 0) is 49.2 Å². The highest BCUT2D eigenvalue weighted by atomic mass is 19.1. The van der Waals surface area contributed by atoms with Crippen molar-refractivity contribution in [3.05, 3.63) is 65.3 Å². The molecule has 28 heavy (non-hydrogen) atoms. The number of anilines is 1. The van der Waals surface area contributed by atoms with E-state index in [0.29, 0.717) is 29.6 Å². The maximum absolute atomic E-state index is 14.7. The topological polar surface area (TPSA) is 59.2 Å². The van der Waals surface area contributed by atoms with Crippen LogP contribution in [0.2, 0.25) is 0 Å². The van der Waals surface area contributed by atoms with Crippen LogP contribution in [0.4, 0.5) is 10.1 Å². The first-order valence-corrected chi connectivity index (χ1v) is 9.59. The Balaban J connectivity index is 1.48. The number of aryl methyl sites for hydroxylation is 1. The summed E-state index contributed by atoms with van der Waals surface area (Å²) < 4.78 is 20.1. The molecule has 2 heterocycles. The predicted molar refractivity (Wildman–Crippen MR) is 103 cm³/mol. The molecule has 142 valence electrons. The molecule has 2 aromatic carbocycles. The van der Waals surface area contributed by atoms with Crippen LogP contribution in [0.1, 0.15) is 47.5 Å². The average Bonchev–Trinajstić information content (AvgIpc) is 3.42. The number of aromatic nitrogens is 2. The normalized spacial score (nSPS) is 17.3. The highest BCUT2D eigenvalue weighted by molar-refractivity contribution is 6.08. The molecule has 6 heteroatoms. The Morgan fingerprint density at radius 3 is 2.54 bits per heavy atom.